The number of nitrogens with zero attached hydrogens (tertiary/aromatic N) is 7. The SMILES string of the molecule is CN(C)[C@@H]1CCN(c2cc(F)c(-c3cnc(N4CCOCC4)nc3)cc2NC(=O)c2cn(C)nc2C(F)(F)F)C1. The number of rotatable bonds is 6. The van der Waals surface area contributed by atoms with Crippen molar-refractivity contribution in [3.63, 3.8) is 0 Å². The molecule has 5 rings (SSSR count). The number of halogens is 4. The summed E-state index contributed by atoms with van der Waals surface area (Å²) in [6.07, 6.45) is -0.0252. The number of hydrogen-bond acceptors (Lipinski definition) is 8. The van der Waals surface area contributed by atoms with Gasteiger partial charge in [-0.25, -0.2) is 14.4 Å². The smallest absolute Gasteiger partial charge is 0.378 e. The lowest BCUT2D eigenvalue weighted by molar-refractivity contribution is -0.141. The minimum absolute atomic E-state index is 0.109. The quantitative estimate of drug-likeness (QED) is 0.458. The summed E-state index contributed by atoms with van der Waals surface area (Å²) in [5.74, 6) is -1.08. The summed E-state index contributed by atoms with van der Waals surface area (Å²) in [5.41, 5.74) is -0.896. The average Bonchev–Trinajstić information content (AvgIpc) is 3.58. The highest BCUT2D eigenvalue weighted by Crippen LogP contribution is 2.37. The Morgan fingerprint density at radius 1 is 1.10 bits per heavy atom. The van der Waals surface area contributed by atoms with Crippen LogP contribution in [-0.2, 0) is 18.0 Å². The monoisotopic (exact) mass is 562 g/mol. The third-order valence-corrected chi connectivity index (χ3v) is 7.15. The third kappa shape index (κ3) is 5.72. The van der Waals surface area contributed by atoms with Crippen LogP contribution in [0.2, 0.25) is 0 Å². The summed E-state index contributed by atoms with van der Waals surface area (Å²) in [6, 6.07) is 2.91. The molecule has 40 heavy (non-hydrogen) atoms. The van der Waals surface area contributed by atoms with Crippen molar-refractivity contribution in [2.75, 3.05) is 68.6 Å². The highest BCUT2D eigenvalue weighted by atomic mass is 19.4. The second kappa shape index (κ2) is 11.0. The molecule has 10 nitrogen and oxygen atoms in total. The molecule has 1 atom stereocenters. The van der Waals surface area contributed by atoms with Gasteiger partial charge in [-0.15, -0.1) is 0 Å². The molecule has 1 aromatic carbocycles. The van der Waals surface area contributed by atoms with Crippen molar-refractivity contribution in [2.45, 2.75) is 18.6 Å². The topological polar surface area (TPSA) is 91.7 Å². The van der Waals surface area contributed by atoms with Crippen LogP contribution in [-0.4, -0.2) is 90.1 Å². The number of alkyl halides is 3. The number of ether oxygens (including phenoxy) is 1. The molecule has 0 radical (unpaired) electrons. The number of likely N-dealkylation sites (N-methyl/N-ethyl adjacent to an activating group) is 1. The molecule has 4 heterocycles. The number of carbonyl (C=O) groups excluding carboxylic acids is 1. The lowest BCUT2D eigenvalue weighted by Crippen LogP contribution is -2.37. The zero-order chi connectivity index (χ0) is 28.6. The summed E-state index contributed by atoms with van der Waals surface area (Å²) >= 11 is 0. The van der Waals surface area contributed by atoms with E-state index >= 15 is 4.39 Å². The van der Waals surface area contributed by atoms with E-state index in [9.17, 15) is 18.0 Å². The van der Waals surface area contributed by atoms with Gasteiger partial charge in [0.25, 0.3) is 5.91 Å². The number of hydrogen-bond donors (Lipinski definition) is 1. The lowest BCUT2D eigenvalue weighted by atomic mass is 10.1. The van der Waals surface area contributed by atoms with Gasteiger partial charge in [0.1, 0.15) is 5.82 Å². The summed E-state index contributed by atoms with van der Waals surface area (Å²) in [5, 5.41) is 6.02. The fourth-order valence-electron chi connectivity index (χ4n) is 4.97. The van der Waals surface area contributed by atoms with Gasteiger partial charge in [-0.3, -0.25) is 9.48 Å². The molecule has 3 aromatic rings. The molecule has 2 fully saturated rings. The molecule has 2 aromatic heterocycles. The van der Waals surface area contributed by atoms with Crippen LogP contribution in [0.15, 0.2) is 30.7 Å². The summed E-state index contributed by atoms with van der Waals surface area (Å²) < 4.78 is 62.6. The molecule has 0 aliphatic carbocycles. The van der Waals surface area contributed by atoms with Gasteiger partial charge < -0.3 is 24.8 Å². The Balaban J connectivity index is 1.51. The largest absolute Gasteiger partial charge is 0.435 e. The Morgan fingerprint density at radius 3 is 2.42 bits per heavy atom. The van der Waals surface area contributed by atoms with Gasteiger partial charge in [0.2, 0.25) is 5.95 Å². The van der Waals surface area contributed by atoms with E-state index in [0.29, 0.717) is 56.6 Å². The first kappa shape index (κ1) is 27.8. The van der Waals surface area contributed by atoms with Crippen LogP contribution in [0.4, 0.5) is 34.9 Å². The number of benzene rings is 1. The standard InChI is InChI=1S/C26H30F4N8O2/c1-35(2)17-4-5-38(14-17)22-11-20(27)18(16-12-31-25(32-13-16)37-6-8-40-9-7-37)10-21(22)33-24(39)19-15-36(3)34-23(19)26(28,29)30/h10-13,15,17H,4-9,14H2,1-3H3,(H,33,39)/t17-/m1/s1. The van der Waals surface area contributed by atoms with Crippen LogP contribution in [0.1, 0.15) is 22.5 Å². The number of anilines is 3. The average molecular weight is 563 g/mol. The third-order valence-electron chi connectivity index (χ3n) is 7.15. The van der Waals surface area contributed by atoms with Gasteiger partial charge in [0.05, 0.1) is 30.2 Å². The normalized spacial score (nSPS) is 18.1. The van der Waals surface area contributed by atoms with Gasteiger partial charge in [-0.1, -0.05) is 0 Å². The molecule has 0 bridgehead atoms. The van der Waals surface area contributed by atoms with Gasteiger partial charge in [-0.2, -0.15) is 18.3 Å². The molecule has 1 N–H and O–H groups in total. The Hall–Kier alpha value is -3.78. The predicted molar refractivity (Wildman–Crippen MR) is 141 cm³/mol. The maximum absolute atomic E-state index is 15.6. The van der Waals surface area contributed by atoms with Gasteiger partial charge in [0, 0.05) is 69.0 Å². The molecule has 0 spiro atoms. The first-order valence-corrected chi connectivity index (χ1v) is 12.8. The van der Waals surface area contributed by atoms with E-state index in [-0.39, 0.29) is 17.3 Å². The van der Waals surface area contributed by atoms with E-state index in [1.165, 1.54) is 31.6 Å². The van der Waals surface area contributed by atoms with Gasteiger partial charge >= 0.3 is 6.18 Å². The number of morpholine rings is 1. The second-order valence-electron chi connectivity index (χ2n) is 10.1. The first-order valence-electron chi connectivity index (χ1n) is 12.8. The van der Waals surface area contributed by atoms with Gasteiger partial charge in [-0.05, 0) is 32.6 Å². The highest BCUT2D eigenvalue weighted by Gasteiger charge is 2.39. The summed E-state index contributed by atoms with van der Waals surface area (Å²) in [4.78, 5) is 27.9. The van der Waals surface area contributed by atoms with Crippen LogP contribution in [0.5, 0.6) is 0 Å². The summed E-state index contributed by atoms with van der Waals surface area (Å²) in [6.45, 7) is 3.54. The Kier molecular flexibility index (Phi) is 7.64. The van der Waals surface area contributed by atoms with Crippen molar-refractivity contribution in [1.82, 2.24) is 24.6 Å². The lowest BCUT2D eigenvalue weighted by Gasteiger charge is -2.26. The number of nitrogens with one attached hydrogen (secondary N) is 1. The molecule has 14 heteroatoms. The number of aromatic nitrogens is 4. The predicted octanol–water partition coefficient (Wildman–Crippen LogP) is 3.26. The van der Waals surface area contributed by atoms with E-state index in [2.05, 4.69) is 25.3 Å². The number of aryl methyl sites for hydroxylation is 1. The fourth-order valence-corrected chi connectivity index (χ4v) is 4.97. The second-order valence-corrected chi connectivity index (χ2v) is 10.1. The maximum Gasteiger partial charge on any atom is 0.435 e. The molecule has 1 amide bonds. The zero-order valence-corrected chi connectivity index (χ0v) is 22.4. The van der Waals surface area contributed by atoms with Crippen molar-refractivity contribution in [2.24, 2.45) is 7.05 Å². The van der Waals surface area contributed by atoms with E-state index < -0.39 is 29.2 Å². The first-order chi connectivity index (χ1) is 19.0. The highest BCUT2D eigenvalue weighted by molar-refractivity contribution is 6.07. The molecule has 2 saturated heterocycles. The van der Waals surface area contributed by atoms with Crippen molar-refractivity contribution in [1.29, 1.82) is 0 Å². The summed E-state index contributed by atoms with van der Waals surface area (Å²) in [7, 11) is 5.20. The minimum atomic E-state index is -4.82. The molecule has 0 saturated carbocycles. The van der Waals surface area contributed by atoms with Crippen LogP contribution >= 0.6 is 0 Å². The van der Waals surface area contributed by atoms with E-state index in [1.807, 2.05) is 23.9 Å². The van der Waals surface area contributed by atoms with E-state index in [0.717, 1.165) is 17.3 Å². The van der Waals surface area contributed by atoms with Crippen molar-refractivity contribution in [3.8, 4) is 11.1 Å². The number of carbonyl (C=O) groups is 1. The Labute approximate surface area is 228 Å². The van der Waals surface area contributed by atoms with Crippen LogP contribution in [0, 0.1) is 5.82 Å². The fraction of sp³-hybridized carbons (Fsp3) is 0.462. The molecular formula is C26H30F4N8O2. The Bertz CT molecular complexity index is 1370. The molecule has 2 aliphatic heterocycles. The Morgan fingerprint density at radius 2 is 1.80 bits per heavy atom. The zero-order valence-electron chi connectivity index (χ0n) is 22.4. The number of amides is 1. The van der Waals surface area contributed by atoms with E-state index in [4.69, 9.17) is 4.74 Å². The van der Waals surface area contributed by atoms with Crippen LogP contribution < -0.4 is 15.1 Å². The van der Waals surface area contributed by atoms with Crippen molar-refractivity contribution < 1.29 is 27.1 Å². The van der Waals surface area contributed by atoms with Crippen LogP contribution in [0.3, 0.4) is 0 Å². The minimum Gasteiger partial charge on any atom is -0.378 e. The van der Waals surface area contributed by atoms with Crippen molar-refractivity contribution in [3.05, 3.63) is 47.8 Å². The maximum atomic E-state index is 15.6. The van der Waals surface area contributed by atoms with Gasteiger partial charge in [0.15, 0.2) is 5.69 Å². The molecule has 0 unspecified atom stereocenters. The molecule has 2 aliphatic rings. The molecular weight excluding hydrogens is 532 g/mol. The molecule has 214 valence electrons. The van der Waals surface area contributed by atoms with Crippen molar-refractivity contribution >= 4 is 23.2 Å². The van der Waals surface area contributed by atoms with Crippen LogP contribution in [0.25, 0.3) is 11.1 Å². The van der Waals surface area contributed by atoms with E-state index in [1.54, 1.807) is 0 Å².